The molecule has 0 aromatic carbocycles. The monoisotopic (exact) mass is 354 g/mol. The van der Waals surface area contributed by atoms with Crippen molar-refractivity contribution in [2.45, 2.75) is 59.4 Å². The van der Waals surface area contributed by atoms with Crippen molar-refractivity contribution in [2.75, 3.05) is 6.54 Å². The van der Waals surface area contributed by atoms with E-state index in [2.05, 4.69) is 74.0 Å². The van der Waals surface area contributed by atoms with Gasteiger partial charge in [0.15, 0.2) is 0 Å². The number of nitrogens with zero attached hydrogens (tertiary/aromatic N) is 3. The van der Waals surface area contributed by atoms with E-state index in [-0.39, 0.29) is 0 Å². The molecule has 142 valence electrons. The van der Waals surface area contributed by atoms with Crippen LogP contribution < -0.4 is 5.32 Å². The maximum atomic E-state index is 4.12. The maximum absolute atomic E-state index is 4.12. The van der Waals surface area contributed by atoms with Crippen LogP contribution in [0.25, 0.3) is 0 Å². The highest BCUT2D eigenvalue weighted by Gasteiger charge is 2.10. The second-order valence-corrected chi connectivity index (χ2v) is 7.33. The first-order valence-electron chi connectivity index (χ1n) is 9.47. The van der Waals surface area contributed by atoms with E-state index >= 15 is 0 Å². The molecule has 4 heteroatoms. The number of aromatic nitrogens is 3. The van der Waals surface area contributed by atoms with Gasteiger partial charge in [-0.25, -0.2) is 0 Å². The molecule has 1 unspecified atom stereocenters. The summed E-state index contributed by atoms with van der Waals surface area (Å²) in [4.78, 5) is 12.0. The molecule has 4 nitrogen and oxygen atoms in total. The average molecular weight is 355 g/mol. The second kappa shape index (κ2) is 12.3. The molecule has 0 amide bonds. The third-order valence-corrected chi connectivity index (χ3v) is 4.08. The zero-order valence-corrected chi connectivity index (χ0v) is 17.1. The molecule has 1 N–H and O–H groups in total. The lowest BCUT2D eigenvalue weighted by Crippen LogP contribution is -2.26. The van der Waals surface area contributed by atoms with E-state index in [1.165, 1.54) is 5.56 Å². The molecule has 0 saturated heterocycles. The van der Waals surface area contributed by atoms with E-state index in [0.29, 0.717) is 17.9 Å². The number of hydrogen-bond acceptors (Lipinski definition) is 4. The number of nitrogens with one attached hydrogen (secondary N) is 1. The van der Waals surface area contributed by atoms with Crippen LogP contribution >= 0.6 is 0 Å². The Morgan fingerprint density at radius 2 is 1.58 bits per heavy atom. The van der Waals surface area contributed by atoms with Crippen LogP contribution in [-0.2, 0) is 0 Å². The first-order chi connectivity index (χ1) is 12.4. The molecular weight excluding hydrogens is 320 g/mol. The van der Waals surface area contributed by atoms with Crippen LogP contribution in [0.1, 0.15) is 64.6 Å². The van der Waals surface area contributed by atoms with Crippen LogP contribution in [0, 0.1) is 5.92 Å². The number of hydrogen-bond donors (Lipinski definition) is 1. The van der Waals surface area contributed by atoms with E-state index < -0.39 is 0 Å². The molecular formula is C22H34N4. The van der Waals surface area contributed by atoms with Crippen LogP contribution in [-0.4, -0.2) is 27.5 Å². The van der Waals surface area contributed by atoms with E-state index in [0.717, 1.165) is 18.2 Å². The van der Waals surface area contributed by atoms with Gasteiger partial charge in [-0.3, -0.25) is 15.0 Å². The number of pyridine rings is 1. The molecule has 0 bridgehead atoms. The Morgan fingerprint density at radius 3 is 1.88 bits per heavy atom. The predicted octanol–water partition coefficient (Wildman–Crippen LogP) is 4.98. The van der Waals surface area contributed by atoms with Crippen molar-refractivity contribution < 1.29 is 0 Å². The summed E-state index contributed by atoms with van der Waals surface area (Å²) in [5.74, 6) is 1.85. The molecule has 0 aliphatic carbocycles. The lowest BCUT2D eigenvalue weighted by Gasteiger charge is -2.11. The molecule has 2 aromatic heterocycles. The molecule has 0 spiro atoms. The van der Waals surface area contributed by atoms with Gasteiger partial charge in [-0.2, -0.15) is 0 Å². The van der Waals surface area contributed by atoms with Crippen LogP contribution in [0.3, 0.4) is 0 Å². The van der Waals surface area contributed by atoms with Gasteiger partial charge < -0.3 is 5.32 Å². The lowest BCUT2D eigenvalue weighted by atomic mass is 10.1. The van der Waals surface area contributed by atoms with Crippen LogP contribution in [0.5, 0.6) is 0 Å². The standard InChI is InChI=1S/C8H11N.C7H10N2.C7H13N/c1-7(2)8-3-5-9-6-4-8;1-6(2)7-5-8-3-4-9-7;1-6(2)7-4-3-5-8-7/h3-7H,1-2H3;3-6H,1-2H3;3-4,6-8H,5H2,1-2H3. The Morgan fingerprint density at radius 1 is 0.885 bits per heavy atom. The largest absolute Gasteiger partial charge is 0.307 e. The van der Waals surface area contributed by atoms with Crippen molar-refractivity contribution in [3.05, 3.63) is 66.5 Å². The fourth-order valence-electron chi connectivity index (χ4n) is 2.30. The third-order valence-electron chi connectivity index (χ3n) is 4.08. The van der Waals surface area contributed by atoms with Gasteiger partial charge in [-0.05, 0) is 35.4 Å². The van der Waals surface area contributed by atoms with Gasteiger partial charge in [-0.1, -0.05) is 53.7 Å². The Bertz CT molecular complexity index is 563. The minimum Gasteiger partial charge on any atom is -0.307 e. The molecule has 1 aliphatic rings. The van der Waals surface area contributed by atoms with E-state index in [1.807, 2.05) is 24.5 Å². The summed E-state index contributed by atoms with van der Waals surface area (Å²) < 4.78 is 0. The van der Waals surface area contributed by atoms with Crippen molar-refractivity contribution in [1.82, 2.24) is 20.3 Å². The summed E-state index contributed by atoms with van der Waals surface area (Å²) in [6, 6.07) is 4.73. The molecule has 1 aliphatic heterocycles. The Balaban J connectivity index is 0.000000195. The number of rotatable bonds is 3. The van der Waals surface area contributed by atoms with Crippen LogP contribution in [0.2, 0.25) is 0 Å². The molecule has 0 saturated carbocycles. The SMILES string of the molecule is CC(C)C1C=CCN1.CC(C)c1ccncc1.CC(C)c1cnccn1. The molecule has 3 rings (SSSR count). The molecule has 0 radical (unpaired) electrons. The highest BCUT2D eigenvalue weighted by atomic mass is 14.9. The van der Waals surface area contributed by atoms with Crippen molar-refractivity contribution in [2.24, 2.45) is 5.92 Å². The Kier molecular flexibility index (Phi) is 10.4. The zero-order chi connectivity index (χ0) is 19.4. The lowest BCUT2D eigenvalue weighted by molar-refractivity contribution is 0.503. The first kappa shape index (κ1) is 22.0. The summed E-state index contributed by atoms with van der Waals surface area (Å²) >= 11 is 0. The molecule has 26 heavy (non-hydrogen) atoms. The van der Waals surface area contributed by atoms with E-state index in [9.17, 15) is 0 Å². The first-order valence-corrected chi connectivity index (χ1v) is 9.47. The van der Waals surface area contributed by atoms with Gasteiger partial charge in [-0.15, -0.1) is 0 Å². The molecule has 0 fully saturated rings. The smallest absolute Gasteiger partial charge is 0.0612 e. The van der Waals surface area contributed by atoms with Crippen LogP contribution in [0.15, 0.2) is 55.3 Å². The summed E-state index contributed by atoms with van der Waals surface area (Å²) in [6.07, 6.45) is 13.3. The summed E-state index contributed by atoms with van der Waals surface area (Å²) in [6.45, 7) is 14.1. The summed E-state index contributed by atoms with van der Waals surface area (Å²) in [5, 5.41) is 3.34. The highest BCUT2D eigenvalue weighted by Crippen LogP contribution is 2.10. The minimum absolute atomic E-state index is 0.485. The zero-order valence-electron chi connectivity index (χ0n) is 17.1. The topological polar surface area (TPSA) is 50.7 Å². The normalized spacial score (nSPS) is 15.5. The summed E-state index contributed by atoms with van der Waals surface area (Å²) in [5.41, 5.74) is 2.41. The van der Waals surface area contributed by atoms with Gasteiger partial charge in [0.2, 0.25) is 0 Å². The van der Waals surface area contributed by atoms with Gasteiger partial charge in [0.25, 0.3) is 0 Å². The van der Waals surface area contributed by atoms with E-state index in [4.69, 9.17) is 0 Å². The minimum atomic E-state index is 0.485. The maximum Gasteiger partial charge on any atom is 0.0612 e. The van der Waals surface area contributed by atoms with Crippen molar-refractivity contribution >= 4 is 0 Å². The fraction of sp³-hybridized carbons (Fsp3) is 0.500. The summed E-state index contributed by atoms with van der Waals surface area (Å²) in [7, 11) is 0. The predicted molar refractivity (Wildman–Crippen MR) is 110 cm³/mol. The quantitative estimate of drug-likeness (QED) is 0.790. The average Bonchev–Trinajstić information content (AvgIpc) is 3.19. The highest BCUT2D eigenvalue weighted by molar-refractivity contribution is 5.13. The van der Waals surface area contributed by atoms with Crippen molar-refractivity contribution in [1.29, 1.82) is 0 Å². The third kappa shape index (κ3) is 8.86. The van der Waals surface area contributed by atoms with Gasteiger partial charge in [0.05, 0.1) is 5.69 Å². The Hall–Kier alpha value is -2.07. The molecule has 3 heterocycles. The fourth-order valence-corrected chi connectivity index (χ4v) is 2.30. The Labute approximate surface area is 159 Å². The van der Waals surface area contributed by atoms with Crippen molar-refractivity contribution in [3.8, 4) is 0 Å². The van der Waals surface area contributed by atoms with E-state index in [1.54, 1.807) is 18.6 Å². The second-order valence-electron chi connectivity index (χ2n) is 7.33. The van der Waals surface area contributed by atoms with Crippen molar-refractivity contribution in [3.63, 3.8) is 0 Å². The van der Waals surface area contributed by atoms with Gasteiger partial charge in [0.1, 0.15) is 0 Å². The molecule has 1 atom stereocenters. The van der Waals surface area contributed by atoms with Gasteiger partial charge in [0, 0.05) is 43.6 Å². The van der Waals surface area contributed by atoms with Gasteiger partial charge >= 0.3 is 0 Å². The van der Waals surface area contributed by atoms with Crippen LogP contribution in [0.4, 0.5) is 0 Å². The molecule has 2 aromatic rings.